The largest absolute Gasteiger partial charge is 0.454 e. The topological polar surface area (TPSA) is 91.0 Å². The molecule has 0 aromatic carbocycles. The Kier molecular flexibility index (Phi) is 4.55. The summed E-state index contributed by atoms with van der Waals surface area (Å²) in [5, 5.41) is 4.14. The zero-order valence-corrected chi connectivity index (χ0v) is 15.2. The summed E-state index contributed by atoms with van der Waals surface area (Å²) < 4.78 is 11.0. The van der Waals surface area contributed by atoms with Crippen LogP contribution in [0.15, 0.2) is 45.8 Å². The number of aromatic nitrogens is 4. The Labute approximate surface area is 156 Å². The van der Waals surface area contributed by atoms with Crippen molar-refractivity contribution in [1.29, 1.82) is 0 Å². The number of thiophene rings is 1. The standard InChI is InChI=1S/C17H12N4O3S2/c1-10-11(20-15(24-10)13-4-2-7-25-13)8-23-17(22)12-9-26-16(21-12)14-18-5-3-6-19-14/h2-7,9H,8H2,1H3. The highest BCUT2D eigenvalue weighted by atomic mass is 32.1. The second kappa shape index (κ2) is 7.14. The van der Waals surface area contributed by atoms with Gasteiger partial charge in [0, 0.05) is 17.8 Å². The first kappa shape index (κ1) is 16.6. The van der Waals surface area contributed by atoms with E-state index in [1.54, 1.807) is 30.8 Å². The lowest BCUT2D eigenvalue weighted by Gasteiger charge is -2.00. The van der Waals surface area contributed by atoms with Gasteiger partial charge in [0.15, 0.2) is 16.5 Å². The third kappa shape index (κ3) is 3.39. The minimum absolute atomic E-state index is 0.0221. The van der Waals surface area contributed by atoms with Gasteiger partial charge in [0.05, 0.1) is 4.88 Å². The molecule has 26 heavy (non-hydrogen) atoms. The number of hydrogen-bond donors (Lipinski definition) is 0. The van der Waals surface area contributed by atoms with Crippen molar-refractivity contribution in [1.82, 2.24) is 19.9 Å². The first-order valence-corrected chi connectivity index (χ1v) is 9.37. The maximum Gasteiger partial charge on any atom is 0.358 e. The zero-order valence-electron chi connectivity index (χ0n) is 13.6. The number of ether oxygens (including phenoxy) is 1. The maximum atomic E-state index is 12.2. The van der Waals surface area contributed by atoms with Crippen LogP contribution in [0.3, 0.4) is 0 Å². The maximum absolute atomic E-state index is 12.2. The lowest BCUT2D eigenvalue weighted by molar-refractivity contribution is 0.0461. The molecule has 4 aromatic heterocycles. The van der Waals surface area contributed by atoms with Crippen LogP contribution in [0.25, 0.3) is 21.6 Å². The molecule has 0 amide bonds. The monoisotopic (exact) mass is 384 g/mol. The molecule has 0 bridgehead atoms. The summed E-state index contributed by atoms with van der Waals surface area (Å²) in [5.74, 6) is 1.10. The predicted octanol–water partition coefficient (Wildman–Crippen LogP) is 3.98. The van der Waals surface area contributed by atoms with Crippen LogP contribution in [0.1, 0.15) is 21.9 Å². The summed E-state index contributed by atoms with van der Waals surface area (Å²) in [4.78, 5) is 30.0. The van der Waals surface area contributed by atoms with Crippen LogP contribution in [0.2, 0.25) is 0 Å². The van der Waals surface area contributed by atoms with Gasteiger partial charge in [0.25, 0.3) is 0 Å². The lowest BCUT2D eigenvalue weighted by Crippen LogP contribution is -2.06. The molecule has 0 radical (unpaired) electrons. The van der Waals surface area contributed by atoms with E-state index in [4.69, 9.17) is 9.15 Å². The van der Waals surface area contributed by atoms with E-state index in [-0.39, 0.29) is 12.3 Å². The van der Waals surface area contributed by atoms with Gasteiger partial charge in [-0.25, -0.2) is 24.7 Å². The number of esters is 1. The molecule has 0 saturated carbocycles. The van der Waals surface area contributed by atoms with Crippen LogP contribution in [-0.4, -0.2) is 25.9 Å². The second-order valence-corrected chi connectivity index (χ2v) is 6.99. The van der Waals surface area contributed by atoms with E-state index in [1.807, 2.05) is 17.5 Å². The number of oxazole rings is 1. The summed E-state index contributed by atoms with van der Waals surface area (Å²) in [6, 6.07) is 5.57. The molecule has 9 heteroatoms. The Morgan fingerprint density at radius 2 is 2.04 bits per heavy atom. The molecular formula is C17H12N4O3S2. The molecule has 0 fully saturated rings. The minimum Gasteiger partial charge on any atom is -0.454 e. The fourth-order valence-corrected chi connectivity index (χ4v) is 3.54. The molecule has 7 nitrogen and oxygen atoms in total. The molecule has 0 saturated heterocycles. The Hall–Kier alpha value is -2.91. The fourth-order valence-electron chi connectivity index (χ4n) is 2.16. The fraction of sp³-hybridized carbons (Fsp3) is 0.118. The minimum atomic E-state index is -0.525. The normalized spacial score (nSPS) is 10.8. The average molecular weight is 384 g/mol. The summed E-state index contributed by atoms with van der Waals surface area (Å²) in [5.41, 5.74) is 0.806. The third-order valence-corrected chi connectivity index (χ3v) is 5.13. The zero-order chi connectivity index (χ0) is 17.9. The van der Waals surface area contributed by atoms with Gasteiger partial charge in [0.2, 0.25) is 5.89 Å². The lowest BCUT2D eigenvalue weighted by atomic mass is 10.4. The Bertz CT molecular complexity index is 1030. The van der Waals surface area contributed by atoms with E-state index in [0.29, 0.717) is 28.2 Å². The molecule has 0 aliphatic carbocycles. The molecule has 4 aromatic rings. The van der Waals surface area contributed by atoms with Crippen molar-refractivity contribution in [2.75, 3.05) is 0 Å². The number of aryl methyl sites for hydroxylation is 1. The average Bonchev–Trinajstić information content (AvgIpc) is 3.41. The first-order valence-electron chi connectivity index (χ1n) is 7.61. The molecule has 0 atom stereocenters. The molecule has 0 aliphatic rings. The van der Waals surface area contributed by atoms with Gasteiger partial charge in [0.1, 0.15) is 18.1 Å². The van der Waals surface area contributed by atoms with Crippen LogP contribution < -0.4 is 0 Å². The van der Waals surface area contributed by atoms with Crippen molar-refractivity contribution < 1.29 is 13.9 Å². The van der Waals surface area contributed by atoms with Crippen molar-refractivity contribution in [3.8, 4) is 21.6 Å². The highest BCUT2D eigenvalue weighted by Crippen LogP contribution is 2.26. The summed E-state index contributed by atoms with van der Waals surface area (Å²) in [7, 11) is 0. The first-order chi connectivity index (χ1) is 12.7. The third-order valence-electron chi connectivity index (χ3n) is 3.43. The van der Waals surface area contributed by atoms with Crippen molar-refractivity contribution in [3.05, 3.63) is 58.5 Å². The van der Waals surface area contributed by atoms with Gasteiger partial charge in [-0.3, -0.25) is 0 Å². The van der Waals surface area contributed by atoms with Crippen LogP contribution in [-0.2, 0) is 11.3 Å². The van der Waals surface area contributed by atoms with Crippen molar-refractivity contribution in [3.63, 3.8) is 0 Å². The number of nitrogens with zero attached hydrogens (tertiary/aromatic N) is 4. The van der Waals surface area contributed by atoms with Crippen LogP contribution in [0.4, 0.5) is 0 Å². The van der Waals surface area contributed by atoms with Crippen molar-refractivity contribution >= 4 is 28.6 Å². The van der Waals surface area contributed by atoms with Gasteiger partial charge in [-0.1, -0.05) is 6.07 Å². The number of hydrogen-bond acceptors (Lipinski definition) is 9. The van der Waals surface area contributed by atoms with Gasteiger partial charge >= 0.3 is 5.97 Å². The highest BCUT2D eigenvalue weighted by Gasteiger charge is 2.17. The van der Waals surface area contributed by atoms with E-state index < -0.39 is 5.97 Å². The molecule has 4 rings (SSSR count). The smallest absolute Gasteiger partial charge is 0.358 e. The molecule has 4 heterocycles. The molecule has 0 aliphatic heterocycles. The van der Waals surface area contributed by atoms with Crippen LogP contribution >= 0.6 is 22.7 Å². The molecular weight excluding hydrogens is 372 g/mol. The van der Waals surface area contributed by atoms with E-state index >= 15 is 0 Å². The molecule has 0 N–H and O–H groups in total. The van der Waals surface area contributed by atoms with Crippen LogP contribution in [0.5, 0.6) is 0 Å². The Balaban J connectivity index is 1.44. The van der Waals surface area contributed by atoms with Crippen molar-refractivity contribution in [2.45, 2.75) is 13.5 Å². The molecule has 0 spiro atoms. The Morgan fingerprint density at radius 1 is 1.19 bits per heavy atom. The van der Waals surface area contributed by atoms with Crippen LogP contribution in [0, 0.1) is 6.92 Å². The van der Waals surface area contributed by atoms with E-state index in [2.05, 4.69) is 19.9 Å². The summed E-state index contributed by atoms with van der Waals surface area (Å²) >= 11 is 2.82. The van der Waals surface area contributed by atoms with E-state index in [0.717, 1.165) is 4.88 Å². The summed E-state index contributed by atoms with van der Waals surface area (Å²) in [6.45, 7) is 1.81. The number of carbonyl (C=O) groups is 1. The molecule has 0 unspecified atom stereocenters. The van der Waals surface area contributed by atoms with Gasteiger partial charge in [-0.05, 0) is 24.4 Å². The van der Waals surface area contributed by atoms with Gasteiger partial charge in [-0.2, -0.15) is 0 Å². The van der Waals surface area contributed by atoms with E-state index in [9.17, 15) is 4.79 Å². The summed E-state index contributed by atoms with van der Waals surface area (Å²) in [6.07, 6.45) is 3.25. The predicted molar refractivity (Wildman–Crippen MR) is 96.8 cm³/mol. The van der Waals surface area contributed by atoms with Crippen molar-refractivity contribution in [2.24, 2.45) is 0 Å². The van der Waals surface area contributed by atoms with Gasteiger partial charge < -0.3 is 9.15 Å². The van der Waals surface area contributed by atoms with Gasteiger partial charge in [-0.15, -0.1) is 22.7 Å². The Morgan fingerprint density at radius 3 is 2.81 bits per heavy atom. The second-order valence-electron chi connectivity index (χ2n) is 5.19. The quantitative estimate of drug-likeness (QED) is 0.481. The molecule has 130 valence electrons. The van der Waals surface area contributed by atoms with E-state index in [1.165, 1.54) is 22.7 Å². The number of rotatable bonds is 5. The number of thiazole rings is 1. The highest BCUT2D eigenvalue weighted by molar-refractivity contribution is 7.13. The SMILES string of the molecule is Cc1oc(-c2cccs2)nc1COC(=O)c1csc(-c2ncccn2)n1. The number of carbonyl (C=O) groups excluding carboxylic acids is 1.